The number of benzene rings is 2. The first-order valence-corrected chi connectivity index (χ1v) is 12.6. The normalized spacial score (nSPS) is 13.9. The molecule has 35 heavy (non-hydrogen) atoms. The Morgan fingerprint density at radius 2 is 0.914 bits per heavy atom. The first-order valence-electron chi connectivity index (χ1n) is 12.6. The molecule has 4 aromatic rings. The predicted molar refractivity (Wildman–Crippen MR) is 146 cm³/mol. The van der Waals surface area contributed by atoms with E-state index in [1.54, 1.807) is 0 Å². The van der Waals surface area contributed by atoms with E-state index in [0.717, 1.165) is 12.8 Å². The summed E-state index contributed by atoms with van der Waals surface area (Å²) in [4.78, 5) is 0. The van der Waals surface area contributed by atoms with Crippen LogP contribution in [-0.2, 0) is 19.5 Å². The van der Waals surface area contributed by atoms with E-state index in [9.17, 15) is 0 Å². The second kappa shape index (κ2) is 9.46. The number of rotatable bonds is 6. The van der Waals surface area contributed by atoms with Gasteiger partial charge in [-0.1, -0.05) is 74.5 Å². The van der Waals surface area contributed by atoms with Gasteiger partial charge in [-0.3, -0.25) is 0 Å². The molecular weight excluding hydrogens is 424 g/mol. The van der Waals surface area contributed by atoms with Crippen LogP contribution in [0.3, 0.4) is 0 Å². The molecule has 2 aromatic carbocycles. The number of aryl methyl sites for hydroxylation is 2. The average molecular weight is 459 g/mol. The number of hydrogen-bond donors (Lipinski definition) is 0. The fourth-order valence-electron chi connectivity index (χ4n) is 5.38. The molecular formula is C33H34N2+2. The lowest BCUT2D eigenvalue weighted by molar-refractivity contribution is -0.671. The Bertz CT molecular complexity index is 1300. The minimum Gasteiger partial charge on any atom is -0.208 e. The lowest BCUT2D eigenvalue weighted by Gasteiger charge is -2.30. The summed E-state index contributed by atoms with van der Waals surface area (Å²) < 4.78 is 4.12. The van der Waals surface area contributed by atoms with Crippen molar-refractivity contribution < 1.29 is 9.13 Å². The van der Waals surface area contributed by atoms with Gasteiger partial charge in [-0.25, -0.2) is 9.13 Å². The summed E-state index contributed by atoms with van der Waals surface area (Å²) >= 11 is 0. The maximum absolute atomic E-state index is 2.42. The molecule has 1 aliphatic rings. The molecule has 0 bridgehead atoms. The van der Waals surface area contributed by atoms with Crippen LogP contribution in [0.1, 0.15) is 60.1 Å². The molecule has 0 aliphatic heterocycles. The topological polar surface area (TPSA) is 7.76 Å². The van der Waals surface area contributed by atoms with Crippen molar-refractivity contribution in [3.8, 4) is 11.1 Å². The highest BCUT2D eigenvalue weighted by atomic mass is 14.9. The smallest absolute Gasteiger partial charge is 0.169 e. The Morgan fingerprint density at radius 1 is 0.543 bits per heavy atom. The Kier molecular flexibility index (Phi) is 6.21. The summed E-state index contributed by atoms with van der Waals surface area (Å²) in [6.07, 6.45) is 19.4. The van der Waals surface area contributed by atoms with E-state index in [0.29, 0.717) is 0 Å². The summed E-state index contributed by atoms with van der Waals surface area (Å²) in [6.45, 7) is 4.67. The largest absolute Gasteiger partial charge is 0.208 e. The number of nitrogens with zero attached hydrogens (tertiary/aromatic N) is 2. The third-order valence-electron chi connectivity index (χ3n) is 7.56. The van der Waals surface area contributed by atoms with Gasteiger partial charge in [-0.2, -0.15) is 0 Å². The molecule has 1 aliphatic carbocycles. The zero-order valence-electron chi connectivity index (χ0n) is 21.2. The lowest BCUT2D eigenvalue weighted by atomic mass is 9.73. The van der Waals surface area contributed by atoms with Gasteiger partial charge in [0, 0.05) is 29.7 Å². The highest BCUT2D eigenvalue weighted by Gasteiger charge is 2.40. The molecule has 2 aromatic heterocycles. The van der Waals surface area contributed by atoms with Gasteiger partial charge in [0.1, 0.15) is 14.1 Å². The number of aromatic nitrogens is 2. The van der Waals surface area contributed by atoms with Crippen LogP contribution in [0, 0.1) is 0 Å². The predicted octanol–water partition coefficient (Wildman–Crippen LogP) is 6.76. The van der Waals surface area contributed by atoms with Gasteiger partial charge in [0.2, 0.25) is 0 Å². The van der Waals surface area contributed by atoms with E-state index in [-0.39, 0.29) is 5.41 Å². The molecule has 2 heteroatoms. The summed E-state index contributed by atoms with van der Waals surface area (Å²) in [5, 5.41) is 0. The van der Waals surface area contributed by atoms with Crippen LogP contribution in [0.5, 0.6) is 0 Å². The van der Waals surface area contributed by atoms with Crippen LogP contribution in [-0.4, -0.2) is 0 Å². The number of hydrogen-bond acceptors (Lipinski definition) is 0. The molecule has 0 fully saturated rings. The van der Waals surface area contributed by atoms with Gasteiger partial charge in [0.15, 0.2) is 24.8 Å². The molecule has 174 valence electrons. The van der Waals surface area contributed by atoms with Gasteiger partial charge in [0.05, 0.1) is 0 Å². The summed E-state index contributed by atoms with van der Waals surface area (Å²) in [5.41, 5.74) is 10.7. The quantitative estimate of drug-likeness (QED) is 0.282. The van der Waals surface area contributed by atoms with E-state index in [2.05, 4.69) is 133 Å². The third kappa shape index (κ3) is 4.37. The summed E-state index contributed by atoms with van der Waals surface area (Å²) in [7, 11) is 4.09. The highest BCUT2D eigenvalue weighted by Crippen LogP contribution is 2.53. The molecule has 0 amide bonds. The highest BCUT2D eigenvalue weighted by molar-refractivity contribution is 5.85. The van der Waals surface area contributed by atoms with Crippen LogP contribution in [0.15, 0.2) is 85.5 Å². The van der Waals surface area contributed by atoms with E-state index in [1.165, 1.54) is 44.5 Å². The van der Waals surface area contributed by atoms with Crippen molar-refractivity contribution in [1.29, 1.82) is 0 Å². The first kappa shape index (κ1) is 23.0. The van der Waals surface area contributed by atoms with Gasteiger partial charge >= 0.3 is 0 Å². The van der Waals surface area contributed by atoms with Gasteiger partial charge in [-0.05, 0) is 57.3 Å². The molecule has 5 rings (SSSR count). The molecule has 2 nitrogen and oxygen atoms in total. The fourth-order valence-corrected chi connectivity index (χ4v) is 5.38. The van der Waals surface area contributed by atoms with Crippen LogP contribution >= 0.6 is 0 Å². The molecule has 0 saturated heterocycles. The lowest BCUT2D eigenvalue weighted by Crippen LogP contribution is -2.25. The Morgan fingerprint density at radius 3 is 1.29 bits per heavy atom. The van der Waals surface area contributed by atoms with E-state index in [1.807, 2.05) is 14.1 Å². The van der Waals surface area contributed by atoms with Crippen LogP contribution in [0.4, 0.5) is 0 Å². The standard InChI is InChI=1S/C33H34N2/c1-5-33(6-2)31-23-27(9-7-25-15-19-34(3)20-16-25)11-13-29(31)30-14-12-28(24-32(30)33)10-8-26-17-21-35(4)22-18-26/h7-24H,5-6H2,1-4H3/q+2. The van der Waals surface area contributed by atoms with Crippen LogP contribution in [0.25, 0.3) is 35.4 Å². The molecule has 0 radical (unpaired) electrons. The zero-order chi connectivity index (χ0) is 24.4. The SMILES string of the molecule is CCC1(CC)c2cc(C=Cc3cc[n+](C)cc3)ccc2-c2ccc(C=Cc3cc[n+](C)cc3)cc21. The summed E-state index contributed by atoms with van der Waals surface area (Å²) in [6, 6.07) is 22.6. The van der Waals surface area contributed by atoms with Crippen LogP contribution in [0.2, 0.25) is 0 Å². The average Bonchev–Trinajstić information content (AvgIpc) is 3.16. The minimum atomic E-state index is 0.0549. The monoisotopic (exact) mass is 458 g/mol. The summed E-state index contributed by atoms with van der Waals surface area (Å²) in [5.74, 6) is 0. The Hall–Kier alpha value is -3.78. The molecule has 0 atom stereocenters. The van der Waals surface area contributed by atoms with Crippen molar-refractivity contribution in [2.75, 3.05) is 0 Å². The van der Waals surface area contributed by atoms with Crippen molar-refractivity contribution in [2.24, 2.45) is 14.1 Å². The maximum atomic E-state index is 2.42. The van der Waals surface area contributed by atoms with Crippen molar-refractivity contribution in [3.05, 3.63) is 119 Å². The van der Waals surface area contributed by atoms with Crippen molar-refractivity contribution in [3.63, 3.8) is 0 Å². The van der Waals surface area contributed by atoms with Crippen molar-refractivity contribution >= 4 is 24.3 Å². The van der Waals surface area contributed by atoms with Crippen LogP contribution < -0.4 is 9.13 Å². The van der Waals surface area contributed by atoms with E-state index >= 15 is 0 Å². The van der Waals surface area contributed by atoms with Gasteiger partial charge in [0.25, 0.3) is 0 Å². The number of fused-ring (bicyclic) bond motifs is 3. The Labute approximate surface area is 209 Å². The molecule has 0 saturated carbocycles. The second-order valence-electron chi connectivity index (χ2n) is 9.66. The molecule has 0 spiro atoms. The molecule has 0 N–H and O–H groups in total. The third-order valence-corrected chi connectivity index (χ3v) is 7.56. The van der Waals surface area contributed by atoms with Crippen molar-refractivity contribution in [2.45, 2.75) is 32.1 Å². The Balaban J connectivity index is 1.50. The van der Waals surface area contributed by atoms with Gasteiger partial charge in [-0.15, -0.1) is 0 Å². The minimum absolute atomic E-state index is 0.0549. The van der Waals surface area contributed by atoms with Crippen molar-refractivity contribution in [1.82, 2.24) is 0 Å². The number of pyridine rings is 2. The molecule has 2 heterocycles. The fraction of sp³-hybridized carbons (Fsp3) is 0.212. The first-order chi connectivity index (χ1) is 17.0. The van der Waals surface area contributed by atoms with E-state index < -0.39 is 0 Å². The second-order valence-corrected chi connectivity index (χ2v) is 9.66. The maximum Gasteiger partial charge on any atom is 0.169 e. The van der Waals surface area contributed by atoms with Gasteiger partial charge < -0.3 is 0 Å². The molecule has 0 unspecified atom stereocenters. The zero-order valence-corrected chi connectivity index (χ0v) is 21.2. The van der Waals surface area contributed by atoms with E-state index in [4.69, 9.17) is 0 Å².